The van der Waals surface area contributed by atoms with Crippen LogP contribution in [0.1, 0.15) is 17.2 Å². The molecule has 11 heteroatoms. The summed E-state index contributed by atoms with van der Waals surface area (Å²) in [7, 11) is 0. The van der Waals surface area contributed by atoms with Crippen molar-refractivity contribution in [1.29, 1.82) is 0 Å². The van der Waals surface area contributed by atoms with Crippen LogP contribution >= 0.6 is 0 Å². The molecular formula is C21H23O11+. The average molecular weight is 451 g/mol. The van der Waals surface area contributed by atoms with Gasteiger partial charge in [-0.3, -0.25) is 0 Å². The van der Waals surface area contributed by atoms with Gasteiger partial charge < -0.3 is 55.1 Å². The number of aromatic hydroxyl groups is 5. The largest absolute Gasteiger partial charge is 0.571 e. The summed E-state index contributed by atoms with van der Waals surface area (Å²) in [5.74, 6) is -1.08. The number of fused-ring (bicyclic) bond motifs is 1. The SMILES string of the molecule is OC[C@H]1O[C@@H](OC2=Cc3c(O)cc(O)cc3[OH+]C2c2ccc(O)c(O)c2)[C@H](O)[C@H](O)[C@H]1O. The van der Waals surface area contributed by atoms with Gasteiger partial charge in [-0.05, 0) is 18.2 Å². The predicted octanol–water partition coefficient (Wildman–Crippen LogP) is -0.337. The van der Waals surface area contributed by atoms with Crippen LogP contribution in [0.25, 0.3) is 6.08 Å². The zero-order valence-corrected chi connectivity index (χ0v) is 16.5. The molecule has 0 radical (unpaired) electrons. The normalized spacial score (nSPS) is 29.6. The highest BCUT2D eigenvalue weighted by atomic mass is 16.7. The van der Waals surface area contributed by atoms with Gasteiger partial charge in [0.15, 0.2) is 17.3 Å². The molecule has 1 unspecified atom stereocenters. The van der Waals surface area contributed by atoms with E-state index in [9.17, 15) is 40.9 Å². The number of benzene rings is 2. The van der Waals surface area contributed by atoms with Crippen molar-refractivity contribution in [2.45, 2.75) is 36.8 Å². The summed E-state index contributed by atoms with van der Waals surface area (Å²) < 4.78 is 15.6. The van der Waals surface area contributed by atoms with Gasteiger partial charge in [-0.1, -0.05) is 0 Å². The van der Waals surface area contributed by atoms with Crippen LogP contribution in [0, 0.1) is 0 Å². The minimum atomic E-state index is -1.68. The van der Waals surface area contributed by atoms with E-state index in [4.69, 9.17) is 9.47 Å². The van der Waals surface area contributed by atoms with Crippen molar-refractivity contribution in [2.24, 2.45) is 0 Å². The fourth-order valence-electron chi connectivity index (χ4n) is 3.63. The van der Waals surface area contributed by atoms with E-state index in [0.29, 0.717) is 5.56 Å². The van der Waals surface area contributed by atoms with Crippen LogP contribution < -0.4 is 0 Å². The number of rotatable bonds is 4. The second-order valence-electron chi connectivity index (χ2n) is 7.54. The van der Waals surface area contributed by atoms with E-state index in [1.807, 2.05) is 0 Å². The molecule has 2 aromatic carbocycles. The monoisotopic (exact) mass is 451 g/mol. The van der Waals surface area contributed by atoms with Gasteiger partial charge >= 0.3 is 0 Å². The summed E-state index contributed by atoms with van der Waals surface area (Å²) in [6.07, 6.45) is -7.22. The van der Waals surface area contributed by atoms with Crippen LogP contribution in [-0.4, -0.2) is 82.9 Å². The molecule has 0 spiro atoms. The van der Waals surface area contributed by atoms with E-state index in [2.05, 4.69) is 4.74 Å². The van der Waals surface area contributed by atoms with Gasteiger partial charge in [0, 0.05) is 12.1 Å². The molecule has 0 saturated carbocycles. The predicted molar refractivity (Wildman–Crippen MR) is 107 cm³/mol. The molecular weight excluding hydrogens is 428 g/mol. The maximum atomic E-state index is 10.3. The third kappa shape index (κ3) is 3.87. The van der Waals surface area contributed by atoms with Crippen LogP contribution in [0.4, 0.5) is 0 Å². The maximum Gasteiger partial charge on any atom is 0.270 e. The molecule has 0 amide bonds. The van der Waals surface area contributed by atoms with Gasteiger partial charge in [0.05, 0.1) is 18.2 Å². The lowest BCUT2D eigenvalue weighted by Crippen LogP contribution is -2.59. The van der Waals surface area contributed by atoms with Gasteiger partial charge in [0.2, 0.25) is 6.29 Å². The lowest BCUT2D eigenvalue weighted by molar-refractivity contribution is -0.295. The Labute approximate surface area is 181 Å². The van der Waals surface area contributed by atoms with Gasteiger partial charge in [-0.25, -0.2) is 0 Å². The highest BCUT2D eigenvalue weighted by Crippen LogP contribution is 2.46. The molecule has 0 aromatic heterocycles. The van der Waals surface area contributed by atoms with Crippen LogP contribution in [0.2, 0.25) is 0 Å². The third-order valence-corrected chi connectivity index (χ3v) is 5.36. The van der Waals surface area contributed by atoms with Crippen LogP contribution in [-0.2, 0) is 9.47 Å². The van der Waals surface area contributed by atoms with Crippen molar-refractivity contribution in [2.75, 3.05) is 6.61 Å². The summed E-state index contributed by atoms with van der Waals surface area (Å²) in [4.78, 5) is 0. The Morgan fingerprint density at radius 3 is 2.31 bits per heavy atom. The lowest BCUT2D eigenvalue weighted by Gasteiger charge is -2.40. The summed E-state index contributed by atoms with van der Waals surface area (Å²) in [5, 5.41) is 79.3. The number of aliphatic hydroxyl groups excluding tert-OH is 4. The first-order valence-electron chi connectivity index (χ1n) is 9.67. The maximum absolute atomic E-state index is 10.3. The number of phenols is 4. The molecule has 2 aromatic rings. The van der Waals surface area contributed by atoms with E-state index in [1.165, 1.54) is 30.3 Å². The highest BCUT2D eigenvalue weighted by Gasteiger charge is 2.46. The first kappa shape index (κ1) is 22.0. The molecule has 2 aliphatic rings. The Morgan fingerprint density at radius 1 is 0.875 bits per heavy atom. The fraction of sp³-hybridized carbons (Fsp3) is 0.333. The summed E-state index contributed by atoms with van der Waals surface area (Å²) in [6, 6.07) is 6.34. The molecule has 2 heterocycles. The molecule has 1 fully saturated rings. The van der Waals surface area contributed by atoms with Crippen molar-refractivity contribution in [1.82, 2.24) is 0 Å². The second kappa shape index (κ2) is 8.37. The Balaban J connectivity index is 1.74. The number of hydrogen-bond donors (Lipinski definition) is 8. The minimum Gasteiger partial charge on any atom is -0.571 e. The summed E-state index contributed by atoms with van der Waals surface area (Å²) >= 11 is 0. The first-order valence-corrected chi connectivity index (χ1v) is 9.67. The molecule has 1 saturated heterocycles. The smallest absolute Gasteiger partial charge is 0.270 e. The highest BCUT2D eigenvalue weighted by molar-refractivity contribution is 5.69. The van der Waals surface area contributed by atoms with Crippen LogP contribution in [0.15, 0.2) is 36.1 Å². The first-order chi connectivity index (χ1) is 15.2. The molecule has 172 valence electrons. The molecule has 2 aliphatic heterocycles. The Bertz CT molecular complexity index is 1030. The van der Waals surface area contributed by atoms with Crippen molar-refractivity contribution in [3.05, 3.63) is 47.2 Å². The molecule has 0 aliphatic carbocycles. The minimum absolute atomic E-state index is 0.0212. The summed E-state index contributed by atoms with van der Waals surface area (Å²) in [5.41, 5.74) is 0.547. The third-order valence-electron chi connectivity index (χ3n) is 5.36. The lowest BCUT2D eigenvalue weighted by atomic mass is 9.98. The molecule has 9 N–H and O–H groups in total. The molecule has 11 nitrogen and oxygen atoms in total. The van der Waals surface area contributed by atoms with Crippen LogP contribution in [0.5, 0.6) is 28.7 Å². The van der Waals surface area contributed by atoms with Crippen molar-refractivity contribution in [3.8, 4) is 28.7 Å². The molecule has 4 rings (SSSR count). The number of hydrogen-bond acceptors (Lipinski definition) is 10. The quantitative estimate of drug-likeness (QED) is 0.225. The van der Waals surface area contributed by atoms with E-state index in [0.717, 1.165) is 6.07 Å². The van der Waals surface area contributed by atoms with Gasteiger partial charge in [0.1, 0.15) is 41.5 Å². The standard InChI is InChI=1S/C21H22O11/c22-7-16-17(27)18(28)19(29)21(32-16)31-15-6-10-12(25)4-9(23)5-14(10)30-20(15)8-1-2-11(24)13(26)3-8/h1-6,16-29H,7H2/p+1/t16-,17+,18-,19-,20?,21-/m1/s1. The van der Waals surface area contributed by atoms with Gasteiger partial charge in [-0.15, -0.1) is 0 Å². The van der Waals surface area contributed by atoms with Crippen LogP contribution in [0.3, 0.4) is 0 Å². The zero-order valence-electron chi connectivity index (χ0n) is 16.5. The fourth-order valence-corrected chi connectivity index (χ4v) is 3.63. The van der Waals surface area contributed by atoms with E-state index in [-0.39, 0.29) is 34.3 Å². The van der Waals surface area contributed by atoms with E-state index in [1.54, 1.807) is 0 Å². The van der Waals surface area contributed by atoms with Gasteiger partial charge in [-0.2, -0.15) is 0 Å². The second-order valence-corrected chi connectivity index (χ2v) is 7.54. The molecule has 6 atom stereocenters. The number of ether oxygens (including phenoxy) is 3. The number of aliphatic hydroxyl groups is 5. The van der Waals surface area contributed by atoms with Crippen molar-refractivity contribution < 1.29 is 55.1 Å². The Hall–Kier alpha value is -3.22. The van der Waals surface area contributed by atoms with Crippen molar-refractivity contribution >= 4 is 6.08 Å². The molecule has 0 bridgehead atoms. The van der Waals surface area contributed by atoms with E-state index >= 15 is 0 Å². The van der Waals surface area contributed by atoms with Gasteiger partial charge in [0.25, 0.3) is 11.9 Å². The molecule has 32 heavy (non-hydrogen) atoms. The Morgan fingerprint density at radius 2 is 1.62 bits per heavy atom. The zero-order chi connectivity index (χ0) is 23.2. The number of phenolic OH excluding ortho intramolecular Hbond substituents is 4. The Kier molecular flexibility index (Phi) is 5.75. The summed E-state index contributed by atoms with van der Waals surface area (Å²) in [6.45, 7) is -0.646. The average Bonchev–Trinajstić information content (AvgIpc) is 2.76. The van der Waals surface area contributed by atoms with E-state index < -0.39 is 49.2 Å². The van der Waals surface area contributed by atoms with Crippen molar-refractivity contribution in [3.63, 3.8) is 0 Å². The topological polar surface area (TPSA) is 193 Å².